The van der Waals surface area contributed by atoms with Crippen molar-refractivity contribution in [3.8, 4) is 5.75 Å². The Morgan fingerprint density at radius 3 is 2.75 bits per heavy atom. The Bertz CT molecular complexity index is 750. The lowest BCUT2D eigenvalue weighted by Crippen LogP contribution is -2.07. The van der Waals surface area contributed by atoms with Crippen LogP contribution >= 0.6 is 11.3 Å². The van der Waals surface area contributed by atoms with Gasteiger partial charge >= 0.3 is 5.97 Å². The molecule has 2 aromatic rings. The Morgan fingerprint density at radius 2 is 2.08 bits per heavy atom. The van der Waals surface area contributed by atoms with E-state index in [0.29, 0.717) is 16.6 Å². The summed E-state index contributed by atoms with van der Waals surface area (Å²) in [5.74, 6) is -0.0929. The van der Waals surface area contributed by atoms with Gasteiger partial charge in [-0.1, -0.05) is 36.1 Å². The van der Waals surface area contributed by atoms with Gasteiger partial charge < -0.3 is 9.47 Å². The highest BCUT2D eigenvalue weighted by molar-refractivity contribution is 7.17. The number of carbonyl (C=O) groups excluding carboxylic acids is 2. The van der Waals surface area contributed by atoms with E-state index in [2.05, 4.69) is 21.6 Å². The van der Waals surface area contributed by atoms with Gasteiger partial charge in [-0.25, -0.2) is 9.78 Å². The highest BCUT2D eigenvalue weighted by Crippen LogP contribution is 2.19. The molecule has 0 radical (unpaired) electrons. The fourth-order valence-corrected chi connectivity index (χ4v) is 2.41. The number of amides is 1. The van der Waals surface area contributed by atoms with Crippen LogP contribution in [0.15, 0.2) is 49.2 Å². The lowest BCUT2D eigenvalue weighted by Gasteiger charge is -2.02. The van der Waals surface area contributed by atoms with Crippen molar-refractivity contribution >= 4 is 34.4 Å². The van der Waals surface area contributed by atoms with E-state index < -0.39 is 5.97 Å². The maximum Gasteiger partial charge on any atom is 0.349 e. The molecule has 0 saturated carbocycles. The summed E-state index contributed by atoms with van der Waals surface area (Å²) in [6.45, 7) is 4.03. The van der Waals surface area contributed by atoms with Gasteiger partial charge in [-0.15, -0.1) is 0 Å². The monoisotopic (exact) mass is 344 g/mol. The van der Waals surface area contributed by atoms with Crippen LogP contribution in [-0.4, -0.2) is 30.6 Å². The number of esters is 1. The smallest absolute Gasteiger partial charge is 0.349 e. The van der Waals surface area contributed by atoms with Crippen LogP contribution in [-0.2, 0) is 9.53 Å². The molecule has 0 bridgehead atoms. The SMILES string of the molecule is C=CCOc1ccc(C=CC(=O)Nc2ncc(C(=O)OC)s2)cc1. The van der Waals surface area contributed by atoms with E-state index in [1.165, 1.54) is 19.4 Å². The zero-order valence-electron chi connectivity index (χ0n) is 13.0. The van der Waals surface area contributed by atoms with Gasteiger partial charge in [0.05, 0.1) is 13.3 Å². The fourth-order valence-electron chi connectivity index (χ4n) is 1.68. The molecule has 1 N–H and O–H groups in total. The number of nitrogens with zero attached hydrogens (tertiary/aromatic N) is 1. The van der Waals surface area contributed by atoms with Gasteiger partial charge in [0, 0.05) is 6.08 Å². The number of ether oxygens (including phenoxy) is 2. The number of anilines is 1. The third-order valence-electron chi connectivity index (χ3n) is 2.80. The van der Waals surface area contributed by atoms with E-state index >= 15 is 0 Å². The van der Waals surface area contributed by atoms with E-state index in [1.807, 2.05) is 24.3 Å². The van der Waals surface area contributed by atoms with Crippen molar-refractivity contribution in [1.29, 1.82) is 0 Å². The molecule has 1 amide bonds. The standard InChI is InChI=1S/C17H16N2O4S/c1-3-10-23-13-7-4-12(5-8-13)6-9-15(20)19-17-18-11-14(24-17)16(21)22-2/h3-9,11H,1,10H2,2H3,(H,18,19,20). The number of thiazole rings is 1. The molecule has 0 aliphatic carbocycles. The summed E-state index contributed by atoms with van der Waals surface area (Å²) in [5, 5.41) is 2.92. The molecule has 6 nitrogen and oxygen atoms in total. The molecule has 0 spiro atoms. The molecule has 0 aliphatic rings. The molecular formula is C17H16N2O4S. The minimum Gasteiger partial charge on any atom is -0.490 e. The van der Waals surface area contributed by atoms with Gasteiger partial charge in [0.15, 0.2) is 5.13 Å². The van der Waals surface area contributed by atoms with Crippen LogP contribution in [0.25, 0.3) is 6.08 Å². The number of aromatic nitrogens is 1. The maximum absolute atomic E-state index is 11.9. The Hall–Kier alpha value is -2.93. The Morgan fingerprint density at radius 1 is 1.33 bits per heavy atom. The average Bonchev–Trinajstić information content (AvgIpc) is 3.06. The predicted molar refractivity (Wildman–Crippen MR) is 93.3 cm³/mol. The summed E-state index contributed by atoms with van der Waals surface area (Å²) in [4.78, 5) is 27.5. The Kier molecular flexibility index (Phi) is 6.27. The summed E-state index contributed by atoms with van der Waals surface area (Å²) < 4.78 is 9.96. The molecule has 1 heterocycles. The van der Waals surface area contributed by atoms with Crippen molar-refractivity contribution in [2.45, 2.75) is 0 Å². The average molecular weight is 344 g/mol. The second-order valence-electron chi connectivity index (χ2n) is 4.51. The minimum absolute atomic E-state index is 0.326. The van der Waals surface area contributed by atoms with E-state index in [0.717, 1.165) is 22.6 Å². The second kappa shape index (κ2) is 8.64. The van der Waals surface area contributed by atoms with Gasteiger partial charge in [0.1, 0.15) is 17.2 Å². The number of rotatable bonds is 7. The lowest BCUT2D eigenvalue weighted by molar-refractivity contribution is -0.111. The Labute approximate surface area is 143 Å². The number of hydrogen-bond donors (Lipinski definition) is 1. The van der Waals surface area contributed by atoms with Gasteiger partial charge in [-0.05, 0) is 23.8 Å². The summed E-state index contributed by atoms with van der Waals surface area (Å²) >= 11 is 1.05. The van der Waals surface area contributed by atoms with E-state index in [9.17, 15) is 9.59 Å². The van der Waals surface area contributed by atoms with Gasteiger partial charge in [-0.2, -0.15) is 0 Å². The van der Waals surface area contributed by atoms with Crippen LogP contribution in [0.1, 0.15) is 15.2 Å². The first-order valence-electron chi connectivity index (χ1n) is 6.99. The van der Waals surface area contributed by atoms with Crippen LogP contribution in [0.4, 0.5) is 5.13 Å². The van der Waals surface area contributed by atoms with Crippen molar-refractivity contribution in [1.82, 2.24) is 4.98 Å². The lowest BCUT2D eigenvalue weighted by atomic mass is 10.2. The number of nitrogens with one attached hydrogen (secondary N) is 1. The molecule has 0 saturated heterocycles. The molecule has 0 atom stereocenters. The molecule has 0 fully saturated rings. The molecule has 24 heavy (non-hydrogen) atoms. The third kappa shape index (κ3) is 5.06. The quantitative estimate of drug-likeness (QED) is 0.474. The normalized spacial score (nSPS) is 10.4. The van der Waals surface area contributed by atoms with Gasteiger partial charge in [0.2, 0.25) is 5.91 Å². The third-order valence-corrected chi connectivity index (χ3v) is 3.69. The van der Waals surface area contributed by atoms with E-state index in [-0.39, 0.29) is 5.91 Å². The summed E-state index contributed by atoms with van der Waals surface area (Å²) in [5.41, 5.74) is 0.852. The van der Waals surface area contributed by atoms with E-state index in [4.69, 9.17) is 4.74 Å². The molecule has 0 unspecified atom stereocenters. The molecule has 7 heteroatoms. The second-order valence-corrected chi connectivity index (χ2v) is 5.54. The number of hydrogen-bond acceptors (Lipinski definition) is 6. The summed E-state index contributed by atoms with van der Waals surface area (Å²) in [7, 11) is 1.29. The largest absolute Gasteiger partial charge is 0.490 e. The summed E-state index contributed by atoms with van der Waals surface area (Å²) in [6.07, 6.45) is 6.08. The highest BCUT2D eigenvalue weighted by atomic mass is 32.1. The molecule has 124 valence electrons. The zero-order chi connectivity index (χ0) is 17.4. The number of benzene rings is 1. The van der Waals surface area contributed by atoms with Crippen molar-refractivity contribution in [3.05, 3.63) is 59.6 Å². The maximum atomic E-state index is 11.9. The summed E-state index contributed by atoms with van der Waals surface area (Å²) in [6, 6.07) is 7.29. The minimum atomic E-state index is -0.484. The number of carbonyl (C=O) groups is 2. The topological polar surface area (TPSA) is 77.5 Å². The predicted octanol–water partition coefficient (Wildman–Crippen LogP) is 3.15. The van der Waals surface area contributed by atoms with Crippen molar-refractivity contribution in [2.24, 2.45) is 0 Å². The van der Waals surface area contributed by atoms with Gasteiger partial charge in [0.25, 0.3) is 0 Å². The Balaban J connectivity index is 1.91. The number of methoxy groups -OCH3 is 1. The first kappa shape index (κ1) is 17.4. The molecular weight excluding hydrogens is 328 g/mol. The van der Waals surface area contributed by atoms with Crippen molar-refractivity contribution in [3.63, 3.8) is 0 Å². The van der Waals surface area contributed by atoms with Crippen LogP contribution in [0.5, 0.6) is 5.75 Å². The molecule has 0 aliphatic heterocycles. The van der Waals surface area contributed by atoms with Crippen molar-refractivity contribution < 1.29 is 19.1 Å². The molecule has 1 aromatic carbocycles. The zero-order valence-corrected chi connectivity index (χ0v) is 13.8. The molecule has 2 rings (SSSR count). The highest BCUT2D eigenvalue weighted by Gasteiger charge is 2.11. The van der Waals surface area contributed by atoms with E-state index in [1.54, 1.807) is 12.2 Å². The first-order chi connectivity index (χ1) is 11.6. The fraction of sp³-hybridized carbons (Fsp3) is 0.118. The first-order valence-corrected chi connectivity index (χ1v) is 7.81. The van der Waals surface area contributed by atoms with Gasteiger partial charge in [-0.3, -0.25) is 10.1 Å². The van der Waals surface area contributed by atoms with Crippen LogP contribution in [0.2, 0.25) is 0 Å². The van der Waals surface area contributed by atoms with Crippen LogP contribution < -0.4 is 10.1 Å². The molecule has 1 aromatic heterocycles. The van der Waals surface area contributed by atoms with Crippen LogP contribution in [0.3, 0.4) is 0 Å². The van der Waals surface area contributed by atoms with Crippen molar-refractivity contribution in [2.75, 3.05) is 19.0 Å². The van der Waals surface area contributed by atoms with Crippen LogP contribution in [0, 0.1) is 0 Å².